The smallest absolute Gasteiger partial charge is 0.269 e. The van der Waals surface area contributed by atoms with E-state index in [4.69, 9.17) is 0 Å². The summed E-state index contributed by atoms with van der Waals surface area (Å²) < 4.78 is 0. The maximum atomic E-state index is 10.4. The van der Waals surface area contributed by atoms with E-state index in [9.17, 15) is 10.1 Å². The van der Waals surface area contributed by atoms with Gasteiger partial charge in [-0.1, -0.05) is 12.1 Å². The lowest BCUT2D eigenvalue weighted by molar-refractivity contribution is -0.384. The Balaban J connectivity index is 2.17. The van der Waals surface area contributed by atoms with Gasteiger partial charge in [-0.05, 0) is 5.56 Å². The maximum Gasteiger partial charge on any atom is 0.269 e. The molecule has 0 radical (unpaired) electrons. The van der Waals surface area contributed by atoms with Crippen LogP contribution in [0.1, 0.15) is 18.0 Å². The third-order valence-corrected chi connectivity index (χ3v) is 2.17. The summed E-state index contributed by atoms with van der Waals surface area (Å²) in [5.41, 5.74) is 4.06. The van der Waals surface area contributed by atoms with Gasteiger partial charge >= 0.3 is 0 Å². The molecule has 0 amide bonds. The first-order valence-electron chi connectivity index (χ1n) is 4.29. The van der Waals surface area contributed by atoms with E-state index >= 15 is 0 Å². The summed E-state index contributed by atoms with van der Waals surface area (Å²) in [6.45, 7) is 0. The topological polar surface area (TPSA) is 67.5 Å². The highest BCUT2D eigenvalue weighted by molar-refractivity contribution is 5.60. The number of hydrazone groups is 1. The molecule has 5 nitrogen and oxygen atoms in total. The van der Waals surface area contributed by atoms with Crippen molar-refractivity contribution in [3.63, 3.8) is 0 Å². The first-order valence-corrected chi connectivity index (χ1v) is 4.29. The summed E-state index contributed by atoms with van der Waals surface area (Å²) in [4.78, 5) is 10.00. The van der Waals surface area contributed by atoms with Crippen molar-refractivity contribution in [2.24, 2.45) is 5.10 Å². The van der Waals surface area contributed by atoms with E-state index in [0.29, 0.717) is 0 Å². The molecule has 1 aromatic carbocycles. The molecule has 1 aromatic rings. The zero-order valence-electron chi connectivity index (χ0n) is 7.38. The van der Waals surface area contributed by atoms with Gasteiger partial charge in [0.25, 0.3) is 5.69 Å². The number of rotatable bonds is 2. The predicted octanol–water partition coefficient (Wildman–Crippen LogP) is 1.61. The quantitative estimate of drug-likeness (QED) is 0.570. The molecule has 0 saturated heterocycles. The van der Waals surface area contributed by atoms with Crippen LogP contribution in [0.3, 0.4) is 0 Å². The summed E-state index contributed by atoms with van der Waals surface area (Å²) in [6.07, 6.45) is 2.63. The van der Waals surface area contributed by atoms with Gasteiger partial charge in [-0.2, -0.15) is 5.10 Å². The van der Waals surface area contributed by atoms with Crippen LogP contribution in [0.2, 0.25) is 0 Å². The lowest BCUT2D eigenvalue weighted by atomic mass is 10.1. The molecule has 1 aliphatic rings. The summed E-state index contributed by atoms with van der Waals surface area (Å²) in [5, 5.41) is 14.3. The number of non-ortho nitro benzene ring substituents is 1. The van der Waals surface area contributed by atoms with E-state index in [2.05, 4.69) is 10.5 Å². The van der Waals surface area contributed by atoms with Crippen molar-refractivity contribution in [2.45, 2.75) is 12.5 Å². The third kappa shape index (κ3) is 1.56. The number of nitro groups is 1. The molecule has 1 heterocycles. The molecule has 1 N–H and O–H groups in total. The molecule has 14 heavy (non-hydrogen) atoms. The monoisotopic (exact) mass is 191 g/mol. The minimum Gasteiger partial charge on any atom is -0.303 e. The van der Waals surface area contributed by atoms with Gasteiger partial charge in [0.05, 0.1) is 11.0 Å². The summed E-state index contributed by atoms with van der Waals surface area (Å²) in [6, 6.07) is 6.69. The Bertz CT molecular complexity index is 364. The van der Waals surface area contributed by atoms with E-state index in [1.54, 1.807) is 18.3 Å². The highest BCUT2D eigenvalue weighted by atomic mass is 16.6. The first kappa shape index (κ1) is 8.68. The largest absolute Gasteiger partial charge is 0.303 e. The zero-order valence-corrected chi connectivity index (χ0v) is 7.38. The van der Waals surface area contributed by atoms with Crippen molar-refractivity contribution < 1.29 is 4.92 Å². The Morgan fingerprint density at radius 1 is 1.43 bits per heavy atom. The molecule has 2 rings (SSSR count). The van der Waals surface area contributed by atoms with Crippen LogP contribution in [0.25, 0.3) is 0 Å². The molecule has 0 aliphatic carbocycles. The molecular formula is C9H9N3O2. The first-order chi connectivity index (χ1) is 6.77. The van der Waals surface area contributed by atoms with Crippen LogP contribution in [-0.4, -0.2) is 11.1 Å². The van der Waals surface area contributed by atoms with Gasteiger partial charge < -0.3 is 5.43 Å². The van der Waals surface area contributed by atoms with Gasteiger partial charge in [0.1, 0.15) is 0 Å². The highest BCUT2D eigenvalue weighted by Crippen LogP contribution is 2.21. The number of benzene rings is 1. The molecule has 0 saturated carbocycles. The molecule has 1 atom stereocenters. The third-order valence-electron chi connectivity index (χ3n) is 2.17. The molecule has 1 unspecified atom stereocenters. The number of hydrogen-bond donors (Lipinski definition) is 1. The lowest BCUT2D eigenvalue weighted by Gasteiger charge is -2.08. The zero-order chi connectivity index (χ0) is 9.97. The number of nitrogens with zero attached hydrogens (tertiary/aromatic N) is 2. The second kappa shape index (κ2) is 3.45. The summed E-state index contributed by atoms with van der Waals surface area (Å²) in [5.74, 6) is 0. The van der Waals surface area contributed by atoms with Crippen molar-refractivity contribution in [2.75, 3.05) is 0 Å². The van der Waals surface area contributed by atoms with Crippen molar-refractivity contribution >= 4 is 11.9 Å². The Morgan fingerprint density at radius 2 is 2.14 bits per heavy atom. The van der Waals surface area contributed by atoms with Crippen LogP contribution in [0.15, 0.2) is 29.4 Å². The second-order valence-corrected chi connectivity index (χ2v) is 3.08. The Hall–Kier alpha value is -1.91. The van der Waals surface area contributed by atoms with Gasteiger partial charge in [-0.25, -0.2) is 0 Å². The van der Waals surface area contributed by atoms with E-state index in [0.717, 1.165) is 12.0 Å². The fourth-order valence-electron chi connectivity index (χ4n) is 1.39. The standard InChI is InChI=1S/C9H9N3O2/c13-12(14)8-3-1-7(2-4-8)9-5-6-10-11-9/h1-4,6,9,11H,5H2. The molecular weight excluding hydrogens is 182 g/mol. The van der Waals surface area contributed by atoms with Gasteiger partial charge in [0.15, 0.2) is 0 Å². The van der Waals surface area contributed by atoms with Crippen molar-refractivity contribution in [1.29, 1.82) is 0 Å². The van der Waals surface area contributed by atoms with Gasteiger partial charge in [0.2, 0.25) is 0 Å². The fourth-order valence-corrected chi connectivity index (χ4v) is 1.39. The second-order valence-electron chi connectivity index (χ2n) is 3.08. The van der Waals surface area contributed by atoms with Crippen LogP contribution >= 0.6 is 0 Å². The minimum atomic E-state index is -0.400. The molecule has 0 aromatic heterocycles. The lowest BCUT2D eigenvalue weighted by Crippen LogP contribution is -2.09. The van der Waals surface area contributed by atoms with Crippen LogP contribution < -0.4 is 5.43 Å². The molecule has 0 bridgehead atoms. The number of nitro benzene ring substituents is 1. The fraction of sp³-hybridized carbons (Fsp3) is 0.222. The van der Waals surface area contributed by atoms with E-state index < -0.39 is 4.92 Å². The molecule has 0 spiro atoms. The van der Waals surface area contributed by atoms with Crippen LogP contribution in [-0.2, 0) is 0 Å². The highest BCUT2D eigenvalue weighted by Gasteiger charge is 2.14. The minimum absolute atomic E-state index is 0.118. The number of hydrogen-bond acceptors (Lipinski definition) is 4. The van der Waals surface area contributed by atoms with Crippen molar-refractivity contribution in [3.05, 3.63) is 39.9 Å². The van der Waals surface area contributed by atoms with Crippen LogP contribution in [0.4, 0.5) is 5.69 Å². The van der Waals surface area contributed by atoms with E-state index in [1.165, 1.54) is 12.1 Å². The average molecular weight is 191 g/mol. The Kier molecular flexibility index (Phi) is 2.14. The summed E-state index contributed by atoms with van der Waals surface area (Å²) in [7, 11) is 0. The number of nitrogens with one attached hydrogen (secondary N) is 1. The predicted molar refractivity (Wildman–Crippen MR) is 52.1 cm³/mol. The van der Waals surface area contributed by atoms with Gasteiger partial charge in [-0.3, -0.25) is 10.1 Å². The molecule has 5 heteroatoms. The van der Waals surface area contributed by atoms with Crippen molar-refractivity contribution in [1.82, 2.24) is 5.43 Å². The Morgan fingerprint density at radius 3 is 2.64 bits per heavy atom. The maximum absolute atomic E-state index is 10.4. The Labute approximate surface area is 80.6 Å². The molecule has 0 fully saturated rings. The van der Waals surface area contributed by atoms with Gasteiger partial charge in [0, 0.05) is 24.8 Å². The van der Waals surface area contributed by atoms with E-state index in [1.807, 2.05) is 0 Å². The van der Waals surface area contributed by atoms with Gasteiger partial charge in [-0.15, -0.1) is 0 Å². The normalized spacial score (nSPS) is 19.3. The SMILES string of the molecule is O=[N+]([O-])c1ccc(C2CC=NN2)cc1. The molecule has 72 valence electrons. The molecule has 1 aliphatic heterocycles. The van der Waals surface area contributed by atoms with Crippen LogP contribution in [0.5, 0.6) is 0 Å². The van der Waals surface area contributed by atoms with Crippen molar-refractivity contribution in [3.8, 4) is 0 Å². The van der Waals surface area contributed by atoms with E-state index in [-0.39, 0.29) is 11.7 Å². The van der Waals surface area contributed by atoms with Crippen LogP contribution in [0, 0.1) is 10.1 Å². The average Bonchev–Trinajstić information content (AvgIpc) is 2.71. The summed E-state index contributed by atoms with van der Waals surface area (Å²) >= 11 is 0.